The van der Waals surface area contributed by atoms with Gasteiger partial charge in [-0.15, -0.1) is 0 Å². The van der Waals surface area contributed by atoms with Crippen molar-refractivity contribution in [3.05, 3.63) is 99.3 Å². The number of nitrogens with zero attached hydrogens (tertiary/aromatic N) is 5. The first-order valence-electron chi connectivity index (χ1n) is 13.8. The van der Waals surface area contributed by atoms with E-state index in [9.17, 15) is 14.4 Å². The summed E-state index contributed by atoms with van der Waals surface area (Å²) in [6, 6.07) is 13.5. The molecule has 10 heteroatoms. The summed E-state index contributed by atoms with van der Waals surface area (Å²) in [5, 5.41) is 10.5. The SMILES string of the molecule is COc1cn(C(Cc2ccn(C3CC3)n2)C(=O)Cc2ccc3nn(C)cc3c2)c(=O)cc1-c1cc(Cl)ccc1C(C)=O. The van der Waals surface area contributed by atoms with E-state index in [1.165, 1.54) is 24.7 Å². The predicted octanol–water partition coefficient (Wildman–Crippen LogP) is 5.39. The minimum atomic E-state index is -0.834. The van der Waals surface area contributed by atoms with Gasteiger partial charge in [0.1, 0.15) is 11.8 Å². The van der Waals surface area contributed by atoms with Crippen LogP contribution in [0.3, 0.4) is 0 Å². The molecule has 0 saturated heterocycles. The molecule has 0 amide bonds. The van der Waals surface area contributed by atoms with Gasteiger partial charge < -0.3 is 9.30 Å². The number of halogens is 1. The highest BCUT2D eigenvalue weighted by Crippen LogP contribution is 2.35. The van der Waals surface area contributed by atoms with Gasteiger partial charge in [0, 0.05) is 59.9 Å². The van der Waals surface area contributed by atoms with Crippen LogP contribution in [0.15, 0.2) is 71.9 Å². The Bertz CT molecular complexity index is 1900. The first-order valence-corrected chi connectivity index (χ1v) is 14.2. The third-order valence-electron chi connectivity index (χ3n) is 7.67. The number of carbonyl (C=O) groups excluding carboxylic acids is 2. The van der Waals surface area contributed by atoms with Crippen molar-refractivity contribution in [1.82, 2.24) is 24.1 Å². The number of ketones is 2. The highest BCUT2D eigenvalue weighted by molar-refractivity contribution is 6.31. The van der Waals surface area contributed by atoms with Crippen molar-refractivity contribution in [3.63, 3.8) is 0 Å². The van der Waals surface area contributed by atoms with E-state index in [2.05, 4.69) is 5.10 Å². The number of aryl methyl sites for hydroxylation is 1. The van der Waals surface area contributed by atoms with Gasteiger partial charge in [-0.3, -0.25) is 23.7 Å². The summed E-state index contributed by atoms with van der Waals surface area (Å²) in [7, 11) is 3.34. The van der Waals surface area contributed by atoms with Crippen molar-refractivity contribution in [3.8, 4) is 16.9 Å². The van der Waals surface area contributed by atoms with Crippen LogP contribution in [0, 0.1) is 0 Å². The maximum Gasteiger partial charge on any atom is 0.252 e. The van der Waals surface area contributed by atoms with Crippen LogP contribution in [0.25, 0.3) is 22.0 Å². The van der Waals surface area contributed by atoms with E-state index in [0.29, 0.717) is 33.5 Å². The summed E-state index contributed by atoms with van der Waals surface area (Å²) in [5.41, 5.74) is 3.34. The highest BCUT2D eigenvalue weighted by Gasteiger charge is 2.28. The van der Waals surface area contributed by atoms with Crippen molar-refractivity contribution in [2.75, 3.05) is 7.11 Å². The van der Waals surface area contributed by atoms with Gasteiger partial charge in [-0.25, -0.2) is 0 Å². The lowest BCUT2D eigenvalue weighted by molar-refractivity contribution is -0.121. The monoisotopic (exact) mass is 583 g/mol. The number of ether oxygens (including phenoxy) is 1. The van der Waals surface area contributed by atoms with Crippen LogP contribution in [-0.2, 0) is 24.7 Å². The molecular weight excluding hydrogens is 554 g/mol. The molecule has 1 unspecified atom stereocenters. The van der Waals surface area contributed by atoms with Gasteiger partial charge >= 0.3 is 0 Å². The predicted molar refractivity (Wildman–Crippen MR) is 160 cm³/mol. The summed E-state index contributed by atoms with van der Waals surface area (Å²) in [6.45, 7) is 1.46. The van der Waals surface area contributed by atoms with Gasteiger partial charge in [-0.1, -0.05) is 17.7 Å². The Morgan fingerprint density at radius 3 is 2.60 bits per heavy atom. The molecule has 214 valence electrons. The van der Waals surface area contributed by atoms with Crippen LogP contribution in [0.2, 0.25) is 5.02 Å². The topological polar surface area (TPSA) is 101 Å². The molecule has 1 fully saturated rings. The molecule has 1 saturated carbocycles. The molecule has 6 rings (SSSR count). The zero-order chi connectivity index (χ0) is 29.5. The summed E-state index contributed by atoms with van der Waals surface area (Å²) >= 11 is 6.27. The summed E-state index contributed by atoms with van der Waals surface area (Å²) in [6.07, 6.45) is 7.93. The molecule has 2 aromatic carbocycles. The quantitative estimate of drug-likeness (QED) is 0.204. The first-order chi connectivity index (χ1) is 20.2. The lowest BCUT2D eigenvalue weighted by atomic mass is 9.96. The van der Waals surface area contributed by atoms with Crippen LogP contribution >= 0.6 is 11.6 Å². The summed E-state index contributed by atoms with van der Waals surface area (Å²) in [5.74, 6) is 0.0403. The van der Waals surface area contributed by atoms with Gasteiger partial charge in [0.2, 0.25) is 0 Å². The number of pyridine rings is 1. The fourth-order valence-corrected chi connectivity index (χ4v) is 5.59. The van der Waals surface area contributed by atoms with Crippen molar-refractivity contribution in [1.29, 1.82) is 0 Å². The second kappa shape index (κ2) is 11.1. The molecule has 3 aromatic heterocycles. The number of carbonyl (C=O) groups is 2. The smallest absolute Gasteiger partial charge is 0.252 e. The molecule has 42 heavy (non-hydrogen) atoms. The fraction of sp³-hybridized carbons (Fsp3) is 0.281. The number of hydrogen-bond acceptors (Lipinski definition) is 6. The first kappa shape index (κ1) is 27.7. The fourth-order valence-electron chi connectivity index (χ4n) is 5.41. The van der Waals surface area contributed by atoms with Gasteiger partial charge in [-0.05, 0) is 67.3 Å². The number of fused-ring (bicyclic) bond motifs is 1. The number of Topliss-reactive ketones (excluding diaryl/α,β-unsaturated/α-hetero) is 2. The Balaban J connectivity index is 1.41. The highest BCUT2D eigenvalue weighted by atomic mass is 35.5. The van der Waals surface area contributed by atoms with Gasteiger partial charge in [0.05, 0.1) is 30.6 Å². The molecule has 9 nitrogen and oxygen atoms in total. The zero-order valence-electron chi connectivity index (χ0n) is 23.6. The number of methoxy groups -OCH3 is 1. The van der Waals surface area contributed by atoms with Gasteiger partial charge in [0.15, 0.2) is 11.6 Å². The van der Waals surface area contributed by atoms with E-state index in [-0.39, 0.29) is 24.4 Å². The van der Waals surface area contributed by atoms with Crippen LogP contribution in [-0.4, -0.2) is 42.8 Å². The maximum atomic E-state index is 14.0. The van der Waals surface area contributed by atoms with E-state index >= 15 is 0 Å². The number of aromatic nitrogens is 5. The van der Waals surface area contributed by atoms with E-state index in [4.69, 9.17) is 21.4 Å². The Morgan fingerprint density at radius 1 is 1.05 bits per heavy atom. The summed E-state index contributed by atoms with van der Waals surface area (Å²) in [4.78, 5) is 40.1. The third-order valence-corrected chi connectivity index (χ3v) is 7.91. The normalized spacial score (nSPS) is 13.8. The average Bonchev–Trinajstić information content (AvgIpc) is 3.58. The van der Waals surface area contributed by atoms with E-state index < -0.39 is 11.6 Å². The van der Waals surface area contributed by atoms with Crippen LogP contribution in [0.1, 0.15) is 53.5 Å². The number of rotatable bonds is 10. The lowest BCUT2D eigenvalue weighted by Gasteiger charge is -2.21. The second-order valence-electron chi connectivity index (χ2n) is 10.8. The molecule has 0 N–H and O–H groups in total. The lowest BCUT2D eigenvalue weighted by Crippen LogP contribution is -2.32. The van der Waals surface area contributed by atoms with Crippen molar-refractivity contribution in [2.45, 2.75) is 44.7 Å². The molecule has 0 spiro atoms. The Hall–Kier alpha value is -4.50. The van der Waals surface area contributed by atoms with Crippen molar-refractivity contribution >= 4 is 34.1 Å². The molecule has 0 aliphatic heterocycles. The van der Waals surface area contributed by atoms with E-state index in [1.54, 1.807) is 29.1 Å². The Kier molecular flexibility index (Phi) is 7.28. The minimum Gasteiger partial charge on any atom is -0.495 e. The van der Waals surface area contributed by atoms with E-state index in [1.807, 2.05) is 48.4 Å². The maximum absolute atomic E-state index is 14.0. The second-order valence-corrected chi connectivity index (χ2v) is 11.3. The third kappa shape index (κ3) is 5.52. The zero-order valence-corrected chi connectivity index (χ0v) is 24.3. The minimum absolute atomic E-state index is 0.123. The van der Waals surface area contributed by atoms with Crippen LogP contribution in [0.4, 0.5) is 0 Å². The molecule has 0 bridgehead atoms. The molecule has 1 aliphatic rings. The van der Waals surface area contributed by atoms with Gasteiger partial charge in [0.25, 0.3) is 5.56 Å². The molecule has 1 atom stereocenters. The standard InChI is InChI=1S/C32H30ClN5O4/c1-19(39)25-8-5-22(33)14-26(25)27-16-32(41)37(18-31(27)42-3)29(15-23-10-11-38(34-23)24-6-7-24)30(40)13-20-4-9-28-21(12-20)17-36(2)35-28/h4-5,8-12,14,16-18,24,29H,6-7,13,15H2,1-3H3. The summed E-state index contributed by atoms with van der Waals surface area (Å²) < 4.78 is 10.8. The van der Waals surface area contributed by atoms with Gasteiger partial charge in [-0.2, -0.15) is 10.2 Å². The molecule has 5 aromatic rings. The number of hydrogen-bond donors (Lipinski definition) is 0. The molecule has 3 heterocycles. The van der Waals surface area contributed by atoms with Crippen LogP contribution in [0.5, 0.6) is 5.75 Å². The average molecular weight is 584 g/mol. The molecular formula is C32H30ClN5O4. The largest absolute Gasteiger partial charge is 0.495 e. The van der Waals surface area contributed by atoms with E-state index in [0.717, 1.165) is 35.0 Å². The molecule has 0 radical (unpaired) electrons. The Labute approximate surface area is 247 Å². The van der Waals surface area contributed by atoms with Crippen molar-refractivity contribution in [2.24, 2.45) is 7.05 Å². The Morgan fingerprint density at radius 2 is 1.86 bits per heavy atom. The number of benzene rings is 2. The molecule has 1 aliphatic carbocycles. The van der Waals surface area contributed by atoms with Crippen LogP contribution < -0.4 is 10.3 Å². The van der Waals surface area contributed by atoms with Crippen molar-refractivity contribution < 1.29 is 14.3 Å².